The molecule has 130 valence electrons. The first-order valence-electron chi connectivity index (χ1n) is 8.94. The Hall–Kier alpha value is -1.55. The van der Waals surface area contributed by atoms with E-state index >= 15 is 0 Å². The van der Waals surface area contributed by atoms with Crippen molar-refractivity contribution in [2.24, 2.45) is 5.11 Å². The Bertz CT molecular complexity index is 633. The number of piperidine rings is 1. The zero-order chi connectivity index (χ0) is 17.4. The summed E-state index contributed by atoms with van der Waals surface area (Å²) in [6.07, 6.45) is 4.99. The Morgan fingerprint density at radius 3 is 2.50 bits per heavy atom. The van der Waals surface area contributed by atoms with Gasteiger partial charge in [-0.2, -0.15) is 5.06 Å². The lowest BCUT2D eigenvalue weighted by molar-refractivity contribution is -0.311. The minimum atomic E-state index is -0.206. The van der Waals surface area contributed by atoms with Crippen LogP contribution < -0.4 is 0 Å². The first kappa shape index (κ1) is 17.3. The Kier molecular flexibility index (Phi) is 4.60. The second-order valence-electron chi connectivity index (χ2n) is 8.31. The summed E-state index contributed by atoms with van der Waals surface area (Å²) >= 11 is 0. The van der Waals surface area contributed by atoms with Crippen molar-refractivity contribution in [2.45, 2.75) is 83.0 Å². The van der Waals surface area contributed by atoms with Crippen LogP contribution in [0, 0.1) is 0 Å². The predicted octanol–water partition coefficient (Wildman–Crippen LogP) is 5.33. The van der Waals surface area contributed by atoms with Gasteiger partial charge in [0.15, 0.2) is 0 Å². The van der Waals surface area contributed by atoms with Crippen LogP contribution in [0.2, 0.25) is 0 Å². The third-order valence-corrected chi connectivity index (χ3v) is 5.52. The first-order chi connectivity index (χ1) is 11.3. The maximum atomic E-state index is 8.98. The second kappa shape index (κ2) is 6.40. The number of fused-ring (bicyclic) bond motifs is 1. The van der Waals surface area contributed by atoms with Gasteiger partial charge in [-0.15, -0.1) is 0 Å². The molecule has 1 fully saturated rings. The number of hydrogen-bond donors (Lipinski definition) is 0. The number of rotatable bonds is 3. The van der Waals surface area contributed by atoms with E-state index in [2.05, 4.69) is 61.0 Å². The van der Waals surface area contributed by atoms with Gasteiger partial charge in [-0.3, -0.25) is 4.84 Å². The fraction of sp³-hybridized carbons (Fsp3) is 0.684. The summed E-state index contributed by atoms with van der Waals surface area (Å²) < 4.78 is 0. The van der Waals surface area contributed by atoms with Gasteiger partial charge in [-0.1, -0.05) is 29.4 Å². The molecule has 24 heavy (non-hydrogen) atoms. The van der Waals surface area contributed by atoms with Gasteiger partial charge in [0, 0.05) is 16.0 Å². The van der Waals surface area contributed by atoms with Gasteiger partial charge in [-0.25, -0.2) is 0 Å². The van der Waals surface area contributed by atoms with E-state index in [4.69, 9.17) is 10.4 Å². The number of hydrogen-bond acceptors (Lipinski definition) is 3. The monoisotopic (exact) mass is 328 g/mol. The van der Waals surface area contributed by atoms with E-state index < -0.39 is 0 Å². The van der Waals surface area contributed by atoms with Gasteiger partial charge in [0.1, 0.15) is 6.10 Å². The smallest absolute Gasteiger partial charge is 0.113 e. The van der Waals surface area contributed by atoms with Gasteiger partial charge in [0.05, 0.1) is 6.04 Å². The van der Waals surface area contributed by atoms with Crippen LogP contribution in [0.1, 0.15) is 70.6 Å². The number of benzene rings is 1. The molecule has 1 aliphatic heterocycles. The van der Waals surface area contributed by atoms with Crippen LogP contribution in [0.25, 0.3) is 10.4 Å². The topological polar surface area (TPSA) is 61.2 Å². The number of azide groups is 1. The molecule has 1 aromatic rings. The van der Waals surface area contributed by atoms with Crippen molar-refractivity contribution in [3.63, 3.8) is 0 Å². The minimum absolute atomic E-state index is 0.0327. The maximum absolute atomic E-state index is 8.98. The molecule has 5 nitrogen and oxygen atoms in total. The summed E-state index contributed by atoms with van der Waals surface area (Å²) in [4.78, 5) is 9.70. The third kappa shape index (κ3) is 3.16. The van der Waals surface area contributed by atoms with Crippen molar-refractivity contribution >= 4 is 0 Å². The third-order valence-electron chi connectivity index (χ3n) is 5.52. The number of hydroxylamine groups is 2. The highest BCUT2D eigenvalue weighted by molar-refractivity contribution is 5.33. The fourth-order valence-electron chi connectivity index (χ4n) is 4.39. The molecule has 3 rings (SSSR count). The lowest BCUT2D eigenvalue weighted by Crippen LogP contribution is -2.59. The zero-order valence-electron chi connectivity index (χ0n) is 15.2. The molecule has 0 bridgehead atoms. The van der Waals surface area contributed by atoms with Crippen molar-refractivity contribution in [2.75, 3.05) is 0 Å². The lowest BCUT2D eigenvalue weighted by atomic mass is 9.82. The summed E-state index contributed by atoms with van der Waals surface area (Å²) in [6.45, 7) is 8.97. The van der Waals surface area contributed by atoms with Gasteiger partial charge >= 0.3 is 0 Å². The molecule has 1 aliphatic carbocycles. The second-order valence-corrected chi connectivity index (χ2v) is 8.31. The summed E-state index contributed by atoms with van der Waals surface area (Å²) in [7, 11) is 0. The average Bonchev–Trinajstić information content (AvgIpc) is 2.52. The lowest BCUT2D eigenvalue weighted by Gasteiger charge is -2.53. The fourth-order valence-corrected chi connectivity index (χ4v) is 4.39. The highest BCUT2D eigenvalue weighted by Crippen LogP contribution is 2.43. The summed E-state index contributed by atoms with van der Waals surface area (Å²) in [5.74, 6) is 0. The largest absolute Gasteiger partial charge is 0.289 e. The molecule has 2 aliphatic rings. The molecule has 2 atom stereocenters. The van der Waals surface area contributed by atoms with Crippen molar-refractivity contribution in [3.8, 4) is 0 Å². The van der Waals surface area contributed by atoms with E-state index in [1.807, 2.05) is 6.07 Å². The van der Waals surface area contributed by atoms with Crippen molar-refractivity contribution in [1.82, 2.24) is 5.06 Å². The van der Waals surface area contributed by atoms with Crippen LogP contribution in [0.15, 0.2) is 29.4 Å². The van der Waals surface area contributed by atoms with Crippen LogP contribution in [0.3, 0.4) is 0 Å². The standard InChI is InChI=1S/C19H28N4O/c1-18(2)12-7-13-19(3,4)23(18)24-17-15-9-6-5-8-14(15)10-11-16(17)21-22-20/h5-6,8-9,16-17H,7,10-13H2,1-4H3/t16-,17-/m0/s1. The average molecular weight is 328 g/mol. The molecule has 0 spiro atoms. The molecular formula is C19H28N4O. The Balaban J connectivity index is 1.97. The highest BCUT2D eigenvalue weighted by atomic mass is 16.7. The number of aryl methyl sites for hydroxylation is 1. The summed E-state index contributed by atoms with van der Waals surface area (Å²) in [5.41, 5.74) is 11.4. The molecule has 0 amide bonds. The van der Waals surface area contributed by atoms with Gasteiger partial charge in [0.25, 0.3) is 0 Å². The van der Waals surface area contributed by atoms with Crippen molar-refractivity contribution in [3.05, 3.63) is 45.8 Å². The Morgan fingerprint density at radius 1 is 1.17 bits per heavy atom. The van der Waals surface area contributed by atoms with Crippen LogP contribution >= 0.6 is 0 Å². The molecule has 1 saturated heterocycles. The van der Waals surface area contributed by atoms with E-state index in [0.717, 1.165) is 25.7 Å². The van der Waals surface area contributed by atoms with E-state index in [0.29, 0.717) is 0 Å². The number of nitrogens with zero attached hydrogens (tertiary/aromatic N) is 4. The van der Waals surface area contributed by atoms with Crippen LogP contribution in [0.4, 0.5) is 0 Å². The van der Waals surface area contributed by atoms with Gasteiger partial charge < -0.3 is 0 Å². The van der Waals surface area contributed by atoms with Crippen LogP contribution in [-0.4, -0.2) is 22.2 Å². The van der Waals surface area contributed by atoms with Crippen molar-refractivity contribution < 1.29 is 4.84 Å². The summed E-state index contributed by atoms with van der Waals surface area (Å²) in [6, 6.07) is 8.23. The highest BCUT2D eigenvalue weighted by Gasteiger charge is 2.45. The van der Waals surface area contributed by atoms with Gasteiger partial charge in [0.2, 0.25) is 0 Å². The molecular weight excluding hydrogens is 300 g/mol. The van der Waals surface area contributed by atoms with Crippen LogP contribution in [0.5, 0.6) is 0 Å². The SMILES string of the molecule is CC1(C)CCCC(C)(C)N1O[C@H]1c2ccccc2CC[C@@H]1N=[N+]=[N-]. The molecule has 0 aromatic heterocycles. The van der Waals surface area contributed by atoms with E-state index in [9.17, 15) is 0 Å². The van der Waals surface area contributed by atoms with E-state index in [1.165, 1.54) is 17.5 Å². The molecule has 1 aromatic carbocycles. The molecule has 0 unspecified atom stereocenters. The van der Waals surface area contributed by atoms with Gasteiger partial charge in [-0.05, 0) is 76.5 Å². The molecule has 1 heterocycles. The van der Waals surface area contributed by atoms with E-state index in [1.54, 1.807) is 0 Å². The minimum Gasteiger partial charge on any atom is -0.289 e. The zero-order valence-corrected chi connectivity index (χ0v) is 15.2. The quantitative estimate of drug-likeness (QED) is 0.428. The van der Waals surface area contributed by atoms with E-state index in [-0.39, 0.29) is 23.2 Å². The Labute approximate surface area is 144 Å². The molecule has 5 heteroatoms. The molecule has 0 saturated carbocycles. The predicted molar refractivity (Wildman–Crippen MR) is 95.4 cm³/mol. The molecule has 0 radical (unpaired) electrons. The summed E-state index contributed by atoms with van der Waals surface area (Å²) in [5, 5.41) is 6.23. The van der Waals surface area contributed by atoms with Crippen molar-refractivity contribution in [1.29, 1.82) is 0 Å². The molecule has 0 N–H and O–H groups in total. The Morgan fingerprint density at radius 2 is 1.83 bits per heavy atom. The maximum Gasteiger partial charge on any atom is 0.113 e. The normalized spacial score (nSPS) is 28.7. The first-order valence-corrected chi connectivity index (χ1v) is 8.94. The van der Waals surface area contributed by atoms with Crippen LogP contribution in [-0.2, 0) is 11.3 Å².